The number of amides is 3. The van der Waals surface area contributed by atoms with Gasteiger partial charge in [-0.25, -0.2) is 4.39 Å². The Bertz CT molecular complexity index is 747. The highest BCUT2D eigenvalue weighted by molar-refractivity contribution is 6.05. The molecule has 1 atom stereocenters. The molecule has 0 aliphatic carbocycles. The highest BCUT2D eigenvalue weighted by Gasteiger charge is 2.41. The van der Waals surface area contributed by atoms with Crippen molar-refractivity contribution in [2.45, 2.75) is 38.4 Å². The second-order valence-electron chi connectivity index (χ2n) is 6.19. The van der Waals surface area contributed by atoms with E-state index in [0.29, 0.717) is 30.6 Å². The van der Waals surface area contributed by atoms with Gasteiger partial charge in [-0.15, -0.1) is 0 Å². The largest absolute Gasteiger partial charge is 0.322 e. The molecule has 1 aromatic carbocycles. The van der Waals surface area contributed by atoms with E-state index in [-0.39, 0.29) is 30.9 Å². The van der Waals surface area contributed by atoms with Gasteiger partial charge < -0.3 is 10.2 Å². The maximum atomic E-state index is 14.8. The lowest BCUT2D eigenvalue weighted by atomic mass is 9.94. The first kappa shape index (κ1) is 14.3. The first-order chi connectivity index (χ1) is 11.1. The second-order valence-corrected chi connectivity index (χ2v) is 6.19. The number of benzene rings is 1. The Balaban J connectivity index is 1.70. The van der Waals surface area contributed by atoms with Crippen LogP contribution < -0.4 is 10.6 Å². The molecular weight excluding hydrogens is 301 g/mol. The first-order valence-electron chi connectivity index (χ1n) is 7.74. The molecule has 0 saturated carbocycles. The number of carbonyl (C=O) groups is 3. The molecule has 120 valence electrons. The lowest BCUT2D eigenvalue weighted by Gasteiger charge is -2.29. The third kappa shape index (κ3) is 2.15. The Morgan fingerprint density at radius 1 is 1.17 bits per heavy atom. The van der Waals surface area contributed by atoms with E-state index in [1.165, 1.54) is 4.90 Å². The van der Waals surface area contributed by atoms with Crippen LogP contribution in [0.3, 0.4) is 0 Å². The lowest BCUT2D eigenvalue weighted by molar-refractivity contribution is -0.136. The zero-order chi connectivity index (χ0) is 16.1. The minimum Gasteiger partial charge on any atom is -0.322 e. The molecule has 6 nitrogen and oxygen atoms in total. The van der Waals surface area contributed by atoms with Crippen molar-refractivity contribution < 1.29 is 18.8 Å². The molecule has 0 bridgehead atoms. The van der Waals surface area contributed by atoms with E-state index in [1.807, 2.05) is 6.07 Å². The van der Waals surface area contributed by atoms with Gasteiger partial charge >= 0.3 is 0 Å². The number of fused-ring (bicyclic) bond motifs is 2. The van der Waals surface area contributed by atoms with Crippen molar-refractivity contribution in [3.8, 4) is 0 Å². The minimum atomic E-state index is -0.706. The third-order valence-electron chi connectivity index (χ3n) is 4.81. The monoisotopic (exact) mass is 317 g/mol. The quantitative estimate of drug-likeness (QED) is 0.727. The number of piperidine rings is 1. The van der Waals surface area contributed by atoms with Crippen molar-refractivity contribution in [3.63, 3.8) is 0 Å². The third-order valence-corrected chi connectivity index (χ3v) is 4.81. The van der Waals surface area contributed by atoms with Crippen LogP contribution in [0, 0.1) is 5.82 Å². The van der Waals surface area contributed by atoms with Crippen molar-refractivity contribution in [3.05, 3.63) is 34.1 Å². The van der Waals surface area contributed by atoms with Crippen LogP contribution in [0.4, 0.5) is 4.39 Å². The fourth-order valence-corrected chi connectivity index (χ4v) is 3.65. The normalized spacial score (nSPS) is 23.6. The summed E-state index contributed by atoms with van der Waals surface area (Å²) in [5.74, 6) is -1.70. The number of halogens is 1. The zero-order valence-electron chi connectivity index (χ0n) is 12.4. The highest BCUT2D eigenvalue weighted by atomic mass is 19.1. The van der Waals surface area contributed by atoms with Crippen LogP contribution in [0.15, 0.2) is 6.07 Å². The van der Waals surface area contributed by atoms with Crippen LogP contribution in [-0.2, 0) is 29.1 Å². The molecule has 0 spiro atoms. The molecule has 3 aliphatic heterocycles. The van der Waals surface area contributed by atoms with E-state index in [2.05, 4.69) is 10.6 Å². The van der Waals surface area contributed by atoms with Gasteiger partial charge in [0.2, 0.25) is 11.8 Å². The van der Waals surface area contributed by atoms with Gasteiger partial charge in [-0.2, -0.15) is 0 Å². The predicted molar refractivity (Wildman–Crippen MR) is 77.9 cm³/mol. The molecule has 1 fully saturated rings. The predicted octanol–water partition coefficient (Wildman–Crippen LogP) is 0.232. The Kier molecular flexibility index (Phi) is 3.19. The molecule has 2 N–H and O–H groups in total. The molecular formula is C16H16FN3O3. The number of nitrogens with one attached hydrogen (secondary N) is 2. The van der Waals surface area contributed by atoms with Crippen molar-refractivity contribution in [2.24, 2.45) is 0 Å². The molecule has 3 amide bonds. The van der Waals surface area contributed by atoms with Gasteiger partial charge in [-0.1, -0.05) is 6.07 Å². The summed E-state index contributed by atoms with van der Waals surface area (Å²) in [6, 6.07) is 1.16. The summed E-state index contributed by atoms with van der Waals surface area (Å²) >= 11 is 0. The molecule has 0 radical (unpaired) electrons. The van der Waals surface area contributed by atoms with E-state index >= 15 is 0 Å². The molecule has 3 heterocycles. The summed E-state index contributed by atoms with van der Waals surface area (Å²) in [7, 11) is 0. The van der Waals surface area contributed by atoms with E-state index < -0.39 is 23.7 Å². The smallest absolute Gasteiger partial charge is 0.258 e. The van der Waals surface area contributed by atoms with Gasteiger partial charge in [0.1, 0.15) is 11.9 Å². The average molecular weight is 317 g/mol. The van der Waals surface area contributed by atoms with Crippen LogP contribution in [0.1, 0.15) is 39.9 Å². The summed E-state index contributed by atoms with van der Waals surface area (Å²) < 4.78 is 14.8. The zero-order valence-corrected chi connectivity index (χ0v) is 12.4. The number of nitrogens with zero attached hydrogens (tertiary/aromatic N) is 1. The second kappa shape index (κ2) is 5.13. The topological polar surface area (TPSA) is 78.5 Å². The molecule has 4 rings (SSSR count). The standard InChI is InChI=1S/C16H16FN3O3/c17-14-10-3-4-18-6-8(10)5-9-7-20(16(23)13(9)14)11-1-2-12(21)19-15(11)22/h5,11,18H,1-4,6-7H2,(H,19,21,22). The van der Waals surface area contributed by atoms with Gasteiger partial charge in [0.15, 0.2) is 0 Å². The first-order valence-corrected chi connectivity index (χ1v) is 7.74. The van der Waals surface area contributed by atoms with Crippen molar-refractivity contribution >= 4 is 17.7 Å². The summed E-state index contributed by atoms with van der Waals surface area (Å²) in [5.41, 5.74) is 2.20. The van der Waals surface area contributed by atoms with Crippen LogP contribution in [0.5, 0.6) is 0 Å². The molecule has 7 heteroatoms. The van der Waals surface area contributed by atoms with E-state index in [0.717, 1.165) is 5.56 Å². The molecule has 3 aliphatic rings. The molecule has 1 saturated heterocycles. The summed E-state index contributed by atoms with van der Waals surface area (Å²) in [6.45, 7) is 1.49. The minimum absolute atomic E-state index is 0.0929. The maximum Gasteiger partial charge on any atom is 0.258 e. The van der Waals surface area contributed by atoms with Gasteiger partial charge in [-0.3, -0.25) is 19.7 Å². The van der Waals surface area contributed by atoms with Gasteiger partial charge in [0.25, 0.3) is 5.91 Å². The van der Waals surface area contributed by atoms with Crippen LogP contribution >= 0.6 is 0 Å². The number of carbonyl (C=O) groups excluding carboxylic acids is 3. The Hall–Kier alpha value is -2.28. The fourth-order valence-electron chi connectivity index (χ4n) is 3.65. The van der Waals surface area contributed by atoms with E-state index in [9.17, 15) is 18.8 Å². The Morgan fingerprint density at radius 2 is 2.00 bits per heavy atom. The average Bonchev–Trinajstić information content (AvgIpc) is 2.84. The van der Waals surface area contributed by atoms with Crippen LogP contribution in [-0.4, -0.2) is 35.2 Å². The molecule has 1 aromatic rings. The Morgan fingerprint density at radius 3 is 2.78 bits per heavy atom. The summed E-state index contributed by atoms with van der Waals surface area (Å²) in [4.78, 5) is 37.3. The summed E-state index contributed by atoms with van der Waals surface area (Å²) in [5, 5.41) is 5.44. The van der Waals surface area contributed by atoms with E-state index in [1.54, 1.807) is 0 Å². The number of hydrogen-bond donors (Lipinski definition) is 2. The van der Waals surface area contributed by atoms with Crippen molar-refractivity contribution in [2.75, 3.05) is 6.54 Å². The van der Waals surface area contributed by atoms with Crippen LogP contribution in [0.2, 0.25) is 0 Å². The Labute approximate surface area is 132 Å². The molecule has 0 aromatic heterocycles. The van der Waals surface area contributed by atoms with Crippen molar-refractivity contribution in [1.29, 1.82) is 0 Å². The number of hydrogen-bond acceptors (Lipinski definition) is 4. The molecule has 1 unspecified atom stereocenters. The summed E-state index contributed by atoms with van der Waals surface area (Å²) in [6.07, 6.45) is 1.03. The maximum absolute atomic E-state index is 14.8. The fraction of sp³-hybridized carbons (Fsp3) is 0.438. The van der Waals surface area contributed by atoms with Gasteiger partial charge in [0, 0.05) is 19.5 Å². The number of rotatable bonds is 1. The van der Waals surface area contributed by atoms with Gasteiger partial charge in [0.05, 0.1) is 5.56 Å². The van der Waals surface area contributed by atoms with Gasteiger partial charge in [-0.05, 0) is 36.1 Å². The van der Waals surface area contributed by atoms with E-state index in [4.69, 9.17) is 0 Å². The molecule has 23 heavy (non-hydrogen) atoms. The lowest BCUT2D eigenvalue weighted by Crippen LogP contribution is -2.52. The highest BCUT2D eigenvalue weighted by Crippen LogP contribution is 2.33. The van der Waals surface area contributed by atoms with Crippen LogP contribution in [0.25, 0.3) is 0 Å². The van der Waals surface area contributed by atoms with Crippen molar-refractivity contribution in [1.82, 2.24) is 15.5 Å². The SMILES string of the molecule is O=C1CCC(N2Cc3cc4c(c(F)c3C2=O)CCNC4)C(=O)N1. The number of imide groups is 1.